The smallest absolute Gasteiger partial charge is 0.303 e. The summed E-state index contributed by atoms with van der Waals surface area (Å²) in [6.45, 7) is 1.47. The predicted molar refractivity (Wildman–Crippen MR) is 309 cm³/mol. The van der Waals surface area contributed by atoms with Gasteiger partial charge in [0.1, 0.15) is 77.4 Å². The lowest BCUT2D eigenvalue weighted by molar-refractivity contribution is -0.137. The number of aryl methyl sites for hydroxylation is 4. The second kappa shape index (κ2) is 27.1. The Bertz CT molecular complexity index is 3710. The maximum absolute atomic E-state index is 13.9. The van der Waals surface area contributed by atoms with E-state index in [0.29, 0.717) is 108 Å². The quantitative estimate of drug-likeness (QED) is 0.0465. The number of aromatic nitrogens is 9. The maximum atomic E-state index is 13.9. The zero-order chi connectivity index (χ0) is 60.3. The molecule has 0 spiro atoms. The number of aliphatic hydroxyl groups is 2. The van der Waals surface area contributed by atoms with Gasteiger partial charge in [-0.3, -0.25) is 4.79 Å². The van der Waals surface area contributed by atoms with Gasteiger partial charge in [-0.1, -0.05) is 76.5 Å². The highest BCUT2D eigenvalue weighted by molar-refractivity contribution is 8.00. The normalized spacial score (nSPS) is 21.4. The SMILES string of the molecule is O=C(O)CCCc1nc2nc(CCc3c(F)cccc3F)c(Cl)cc2[nH]1.O[C@@H]1CO[C@H]2[C@@H]1OC[C@@H]2Sc1nc2nc(CCc3c(F)cccc3F)c(Cl)cc2[nH]1.O[C@@H]1CO[C@H]2[C@@H]1OC[C@H]2Sc1nc2nc(CCc3c(F)cccc3F)c(Cl)cc2[nH]1. The first kappa shape index (κ1) is 61.5. The second-order valence-electron chi connectivity index (χ2n) is 20.6. The van der Waals surface area contributed by atoms with E-state index in [1.807, 2.05) is 0 Å². The summed E-state index contributed by atoms with van der Waals surface area (Å²) in [6.07, 6.45) is 0.107. The van der Waals surface area contributed by atoms with Crippen LogP contribution >= 0.6 is 58.3 Å². The van der Waals surface area contributed by atoms with Crippen molar-refractivity contribution in [1.29, 1.82) is 0 Å². The summed E-state index contributed by atoms with van der Waals surface area (Å²) >= 11 is 21.9. The summed E-state index contributed by atoms with van der Waals surface area (Å²) in [7, 11) is 0. The summed E-state index contributed by atoms with van der Waals surface area (Å²) in [6, 6.07) is 16.5. The summed E-state index contributed by atoms with van der Waals surface area (Å²) < 4.78 is 106. The minimum atomic E-state index is -0.857. The lowest BCUT2D eigenvalue weighted by atomic mass is 10.1. The Labute approximate surface area is 509 Å². The lowest BCUT2D eigenvalue weighted by Gasteiger charge is -2.13. The zero-order valence-electron chi connectivity index (χ0n) is 45.0. The summed E-state index contributed by atoms with van der Waals surface area (Å²) in [4.78, 5) is 46.7. The van der Waals surface area contributed by atoms with Gasteiger partial charge in [0.15, 0.2) is 27.3 Å². The summed E-state index contributed by atoms with van der Waals surface area (Å²) in [5.74, 6) is -3.74. The first-order valence-corrected chi connectivity index (χ1v) is 30.1. The number of aliphatic carboxylic acids is 1. The number of carboxylic acid groups (broad SMARTS) is 1. The molecule has 13 rings (SSSR count). The van der Waals surface area contributed by atoms with Crippen molar-refractivity contribution >= 4 is 97.8 Å². The number of thioether (sulfide) groups is 2. The van der Waals surface area contributed by atoms with Gasteiger partial charge in [-0.15, -0.1) is 0 Å². The van der Waals surface area contributed by atoms with Crippen LogP contribution in [0.25, 0.3) is 33.5 Å². The molecular weight excluding hydrogens is 1240 g/mol. The topological polar surface area (TPSA) is 239 Å². The van der Waals surface area contributed by atoms with Gasteiger partial charge in [-0.25, -0.2) is 56.2 Å². The first-order valence-electron chi connectivity index (χ1n) is 27.2. The van der Waals surface area contributed by atoms with Crippen LogP contribution in [0.3, 0.4) is 0 Å². The van der Waals surface area contributed by atoms with E-state index in [4.69, 9.17) is 58.9 Å². The van der Waals surface area contributed by atoms with Crippen molar-refractivity contribution in [3.63, 3.8) is 0 Å². The van der Waals surface area contributed by atoms with E-state index in [-0.39, 0.29) is 110 Å². The van der Waals surface area contributed by atoms with E-state index in [9.17, 15) is 41.4 Å². The number of imidazole rings is 3. The zero-order valence-corrected chi connectivity index (χ0v) is 48.9. The highest BCUT2D eigenvalue weighted by Gasteiger charge is 2.49. The van der Waals surface area contributed by atoms with Crippen LogP contribution in [-0.4, -0.2) is 140 Å². The number of H-pyrrole nitrogens is 3. The van der Waals surface area contributed by atoms with Crippen LogP contribution < -0.4 is 0 Å². The third kappa shape index (κ3) is 14.1. The fourth-order valence-corrected chi connectivity index (χ4v) is 13.4. The molecule has 0 aliphatic carbocycles. The van der Waals surface area contributed by atoms with Crippen LogP contribution in [0, 0.1) is 34.9 Å². The molecular formula is C58H52Cl3F6N9O8S2. The molecule has 9 aromatic rings. The molecule has 28 heteroatoms. The molecule has 4 aliphatic heterocycles. The van der Waals surface area contributed by atoms with Gasteiger partial charge in [0.2, 0.25) is 0 Å². The van der Waals surface area contributed by atoms with Gasteiger partial charge in [0.25, 0.3) is 0 Å². The first-order chi connectivity index (χ1) is 41.4. The Morgan fingerprint density at radius 2 is 0.837 bits per heavy atom. The van der Waals surface area contributed by atoms with Gasteiger partial charge in [0, 0.05) is 29.5 Å². The fourth-order valence-electron chi connectivity index (χ4n) is 10.5. The molecule has 0 bridgehead atoms. The van der Waals surface area contributed by atoms with Gasteiger partial charge in [0.05, 0.1) is 85.6 Å². The number of benzene rings is 3. The van der Waals surface area contributed by atoms with Crippen molar-refractivity contribution in [3.8, 4) is 0 Å². The third-order valence-corrected chi connectivity index (χ3v) is 18.0. The number of pyridine rings is 3. The summed E-state index contributed by atoms with van der Waals surface area (Å²) in [5.41, 5.74) is 4.99. The van der Waals surface area contributed by atoms with Gasteiger partial charge in [-0.2, -0.15) is 0 Å². The predicted octanol–water partition coefficient (Wildman–Crippen LogP) is 10.7. The number of halogens is 9. The standard InChI is InChI=1S/2C20H18ClF2N3O3S.C18H16ClF2N3O2/c2*21-10-6-14-19(24-13(10)5-4-9-11(22)2-1-3-12(9)23)26-20(25-14)30-16-8-29-17-15(27)7-28-18(16)17;19-11-9-15-18(24-16(22-15)5-2-6-17(25)26)23-14(11)8-7-10-12(20)3-1-4-13(10)21/h2*1-3,6,15-18,27H,4-5,7-8H2,(H,24,25,26);1,3-4,9H,2,5-8H2,(H,25,26)(H,22,23,24)/t15-,16+,17-,18-;15-,16-,17-,18-;/m11./s1. The number of ether oxygens (including phenoxy) is 4. The van der Waals surface area contributed by atoms with Gasteiger partial charge in [-0.05, 0) is 99.5 Å². The molecule has 4 fully saturated rings. The molecule has 4 saturated heterocycles. The number of hydrogen-bond acceptors (Lipinski definition) is 15. The average molecular weight is 1290 g/mol. The largest absolute Gasteiger partial charge is 0.481 e. The molecule has 3 aromatic carbocycles. The Morgan fingerprint density at radius 3 is 1.21 bits per heavy atom. The van der Waals surface area contributed by atoms with E-state index in [0.717, 1.165) is 0 Å². The Morgan fingerprint density at radius 1 is 0.488 bits per heavy atom. The monoisotopic (exact) mass is 1290 g/mol. The molecule has 0 amide bonds. The van der Waals surface area contributed by atoms with E-state index < -0.39 is 53.1 Å². The van der Waals surface area contributed by atoms with Gasteiger partial charge < -0.3 is 49.2 Å². The molecule has 86 heavy (non-hydrogen) atoms. The molecule has 10 heterocycles. The van der Waals surface area contributed by atoms with Crippen LogP contribution in [0.2, 0.25) is 15.1 Å². The number of carboxylic acids is 1. The Balaban J connectivity index is 0.000000134. The van der Waals surface area contributed by atoms with E-state index in [1.54, 1.807) is 18.2 Å². The molecule has 0 unspecified atom stereocenters. The minimum absolute atomic E-state index is 0.00171. The van der Waals surface area contributed by atoms with Gasteiger partial charge >= 0.3 is 5.97 Å². The van der Waals surface area contributed by atoms with E-state index >= 15 is 0 Å². The molecule has 4 aliphatic rings. The Kier molecular flexibility index (Phi) is 19.4. The van der Waals surface area contributed by atoms with E-state index in [1.165, 1.54) is 78.1 Å². The molecule has 6 aromatic heterocycles. The molecule has 0 radical (unpaired) electrons. The van der Waals surface area contributed by atoms with Crippen molar-refractivity contribution in [2.45, 2.75) is 115 Å². The number of carbonyl (C=O) groups is 1. The minimum Gasteiger partial charge on any atom is -0.481 e. The van der Waals surface area contributed by atoms with Crippen LogP contribution in [0.4, 0.5) is 26.3 Å². The fraction of sp³-hybridized carbons (Fsp3) is 0.362. The lowest BCUT2D eigenvalue weighted by Crippen LogP contribution is -2.29. The van der Waals surface area contributed by atoms with Crippen molar-refractivity contribution in [2.75, 3.05) is 26.4 Å². The van der Waals surface area contributed by atoms with Crippen LogP contribution in [-0.2, 0) is 68.7 Å². The average Bonchev–Trinajstić information content (AvgIpc) is 2.33. The van der Waals surface area contributed by atoms with Crippen molar-refractivity contribution < 1.29 is 65.4 Å². The molecule has 8 atom stereocenters. The maximum Gasteiger partial charge on any atom is 0.303 e. The highest BCUT2D eigenvalue weighted by atomic mass is 35.5. The van der Waals surface area contributed by atoms with Crippen molar-refractivity contribution in [2.24, 2.45) is 0 Å². The number of nitrogens with one attached hydrogen (secondary N) is 3. The Hall–Kier alpha value is -6.10. The second-order valence-corrected chi connectivity index (χ2v) is 24.3. The molecule has 0 saturated carbocycles. The van der Waals surface area contributed by atoms with Crippen LogP contribution in [0.15, 0.2) is 83.1 Å². The van der Waals surface area contributed by atoms with Crippen LogP contribution in [0.1, 0.15) is 52.4 Å². The molecule has 452 valence electrons. The molecule has 17 nitrogen and oxygen atoms in total. The number of fused-ring (bicyclic) bond motifs is 5. The highest BCUT2D eigenvalue weighted by Crippen LogP contribution is 2.39. The number of hydrogen-bond donors (Lipinski definition) is 6. The number of aromatic amines is 3. The number of nitrogens with zero attached hydrogens (tertiary/aromatic N) is 6. The molecule has 6 N–H and O–H groups in total. The van der Waals surface area contributed by atoms with E-state index in [2.05, 4.69) is 44.9 Å². The van der Waals surface area contributed by atoms with Crippen LogP contribution in [0.5, 0.6) is 0 Å². The third-order valence-electron chi connectivity index (χ3n) is 14.8. The summed E-state index contributed by atoms with van der Waals surface area (Å²) in [5, 5.41) is 30.9. The number of rotatable bonds is 17. The number of aliphatic hydroxyl groups excluding tert-OH is 2. The van der Waals surface area contributed by atoms with Crippen molar-refractivity contribution in [1.82, 2.24) is 44.9 Å². The van der Waals surface area contributed by atoms with Crippen molar-refractivity contribution in [3.05, 3.63) is 162 Å².